The minimum atomic E-state index is 0.0249. The number of hydrogen-bond acceptors (Lipinski definition) is 4. The predicted molar refractivity (Wildman–Crippen MR) is 111 cm³/mol. The summed E-state index contributed by atoms with van der Waals surface area (Å²) < 4.78 is 5.77. The van der Waals surface area contributed by atoms with Gasteiger partial charge >= 0.3 is 0 Å². The molecule has 2 aliphatic rings. The van der Waals surface area contributed by atoms with Crippen LogP contribution in [0.4, 0.5) is 5.69 Å². The van der Waals surface area contributed by atoms with Crippen molar-refractivity contribution in [2.24, 2.45) is 4.99 Å². The molecule has 1 aliphatic heterocycles. The zero-order chi connectivity index (χ0) is 18.6. The summed E-state index contributed by atoms with van der Waals surface area (Å²) >= 11 is 1.76. The quantitative estimate of drug-likeness (QED) is 0.807. The van der Waals surface area contributed by atoms with Crippen molar-refractivity contribution in [3.8, 4) is 11.5 Å². The predicted octanol–water partition coefficient (Wildman–Crippen LogP) is 4.37. The smallest absolute Gasteiger partial charge is 0.226 e. The first-order valence-corrected chi connectivity index (χ1v) is 10.2. The van der Waals surface area contributed by atoms with Crippen LogP contribution >= 0.6 is 11.8 Å². The van der Waals surface area contributed by atoms with Crippen LogP contribution in [0.1, 0.15) is 19.3 Å². The number of nitrogens with zero attached hydrogens (tertiary/aromatic N) is 2. The molecule has 2 aromatic carbocycles. The van der Waals surface area contributed by atoms with E-state index in [1.807, 2.05) is 61.6 Å². The Balaban J connectivity index is 1.29. The van der Waals surface area contributed by atoms with Crippen LogP contribution in [-0.4, -0.2) is 40.9 Å². The average Bonchev–Trinajstić information content (AvgIpc) is 3.44. The molecule has 140 valence electrons. The van der Waals surface area contributed by atoms with Crippen LogP contribution in [0.25, 0.3) is 0 Å². The number of aliphatic imine (C=N–C) groups is 1. The van der Waals surface area contributed by atoms with E-state index >= 15 is 0 Å². The number of nitrogens with one attached hydrogen (secondary N) is 1. The molecule has 2 aromatic rings. The highest BCUT2D eigenvalue weighted by atomic mass is 32.2. The lowest BCUT2D eigenvalue weighted by molar-refractivity contribution is -0.116. The Morgan fingerprint density at radius 2 is 1.85 bits per heavy atom. The van der Waals surface area contributed by atoms with E-state index in [1.54, 1.807) is 11.8 Å². The fraction of sp³-hybridized carbons (Fsp3) is 0.333. The van der Waals surface area contributed by atoms with Crippen LogP contribution < -0.4 is 10.1 Å². The van der Waals surface area contributed by atoms with Crippen molar-refractivity contribution < 1.29 is 9.53 Å². The van der Waals surface area contributed by atoms with Crippen molar-refractivity contribution in [3.63, 3.8) is 0 Å². The first kappa shape index (κ1) is 17.9. The van der Waals surface area contributed by atoms with Crippen LogP contribution in [0.15, 0.2) is 59.6 Å². The first-order valence-electron chi connectivity index (χ1n) is 9.23. The lowest BCUT2D eigenvalue weighted by atomic mass is 10.2. The van der Waals surface area contributed by atoms with E-state index in [1.165, 1.54) is 12.8 Å². The number of amidine groups is 1. The van der Waals surface area contributed by atoms with Gasteiger partial charge in [0, 0.05) is 31.0 Å². The van der Waals surface area contributed by atoms with E-state index in [0.29, 0.717) is 12.5 Å². The van der Waals surface area contributed by atoms with E-state index in [2.05, 4.69) is 10.2 Å². The molecule has 1 saturated carbocycles. The Morgan fingerprint density at radius 1 is 1.15 bits per heavy atom. The van der Waals surface area contributed by atoms with Gasteiger partial charge in [0.2, 0.25) is 5.91 Å². The largest absolute Gasteiger partial charge is 0.457 e. The van der Waals surface area contributed by atoms with Crippen LogP contribution in [0.2, 0.25) is 0 Å². The third kappa shape index (κ3) is 4.83. The highest BCUT2D eigenvalue weighted by Gasteiger charge is 2.31. The van der Waals surface area contributed by atoms with Gasteiger partial charge in [-0.25, -0.2) is 0 Å². The SMILES string of the molecule is CN1C(=NC2CC2)SCC1CC(=O)Nc1ccc(Oc2ccccc2)cc1. The number of benzene rings is 2. The molecule has 0 radical (unpaired) electrons. The minimum absolute atomic E-state index is 0.0249. The normalized spacial score (nSPS) is 20.7. The number of anilines is 1. The third-order valence-electron chi connectivity index (χ3n) is 4.63. The van der Waals surface area contributed by atoms with Crippen molar-refractivity contribution in [2.75, 3.05) is 18.1 Å². The number of carbonyl (C=O) groups excluding carboxylic acids is 1. The van der Waals surface area contributed by atoms with Gasteiger partial charge < -0.3 is 15.0 Å². The van der Waals surface area contributed by atoms with Gasteiger partial charge in [0.25, 0.3) is 0 Å². The fourth-order valence-electron chi connectivity index (χ4n) is 2.88. The second-order valence-corrected chi connectivity index (χ2v) is 7.90. The Morgan fingerprint density at radius 3 is 2.56 bits per heavy atom. The summed E-state index contributed by atoms with van der Waals surface area (Å²) in [5.74, 6) is 2.47. The van der Waals surface area contributed by atoms with Crippen LogP contribution in [0, 0.1) is 0 Å². The molecule has 1 amide bonds. The summed E-state index contributed by atoms with van der Waals surface area (Å²) in [4.78, 5) is 19.3. The molecular weight excluding hydrogens is 358 g/mol. The second kappa shape index (κ2) is 8.05. The van der Waals surface area contributed by atoms with Gasteiger partial charge in [0.15, 0.2) is 5.17 Å². The molecule has 27 heavy (non-hydrogen) atoms. The summed E-state index contributed by atoms with van der Waals surface area (Å²) in [6, 6.07) is 17.8. The molecule has 1 saturated heterocycles. The molecule has 1 aliphatic carbocycles. The Hall–Kier alpha value is -2.47. The maximum absolute atomic E-state index is 12.4. The number of para-hydroxylation sites is 1. The van der Waals surface area contributed by atoms with E-state index in [9.17, 15) is 4.79 Å². The average molecular weight is 382 g/mol. The van der Waals surface area contributed by atoms with Crippen molar-refractivity contribution in [2.45, 2.75) is 31.3 Å². The van der Waals surface area contributed by atoms with Crippen LogP contribution in [0.5, 0.6) is 11.5 Å². The van der Waals surface area contributed by atoms with Crippen molar-refractivity contribution in [1.82, 2.24) is 4.90 Å². The molecular formula is C21H23N3O2S. The van der Waals surface area contributed by atoms with Crippen molar-refractivity contribution in [1.29, 1.82) is 0 Å². The molecule has 0 aromatic heterocycles. The number of amides is 1. The van der Waals surface area contributed by atoms with E-state index in [-0.39, 0.29) is 11.9 Å². The lowest BCUT2D eigenvalue weighted by Gasteiger charge is -2.20. The van der Waals surface area contributed by atoms with Gasteiger partial charge in [0.05, 0.1) is 6.04 Å². The van der Waals surface area contributed by atoms with E-state index in [4.69, 9.17) is 9.73 Å². The molecule has 1 atom stereocenters. The molecule has 0 bridgehead atoms. The zero-order valence-corrected chi connectivity index (χ0v) is 16.1. The summed E-state index contributed by atoms with van der Waals surface area (Å²) in [7, 11) is 2.04. The first-order chi connectivity index (χ1) is 13.2. The van der Waals surface area contributed by atoms with Crippen molar-refractivity contribution >= 4 is 28.5 Å². The summed E-state index contributed by atoms with van der Waals surface area (Å²) in [6.45, 7) is 0. The number of carbonyl (C=O) groups is 1. The van der Waals surface area contributed by atoms with Gasteiger partial charge in [0.1, 0.15) is 11.5 Å². The summed E-state index contributed by atoms with van der Waals surface area (Å²) in [6.07, 6.45) is 2.87. The van der Waals surface area contributed by atoms with E-state index in [0.717, 1.165) is 28.1 Å². The number of ether oxygens (including phenoxy) is 1. The van der Waals surface area contributed by atoms with Gasteiger partial charge in [-0.1, -0.05) is 30.0 Å². The molecule has 1 unspecified atom stereocenters. The maximum atomic E-state index is 12.4. The van der Waals surface area contributed by atoms with Gasteiger partial charge in [-0.2, -0.15) is 0 Å². The third-order valence-corrected chi connectivity index (χ3v) is 5.84. The van der Waals surface area contributed by atoms with E-state index < -0.39 is 0 Å². The zero-order valence-electron chi connectivity index (χ0n) is 15.3. The van der Waals surface area contributed by atoms with Gasteiger partial charge in [-0.3, -0.25) is 9.79 Å². The molecule has 0 spiro atoms. The molecule has 4 rings (SSSR count). The Labute approximate surface area is 163 Å². The highest BCUT2D eigenvalue weighted by Crippen LogP contribution is 2.30. The monoisotopic (exact) mass is 381 g/mol. The highest BCUT2D eigenvalue weighted by molar-refractivity contribution is 8.14. The molecule has 2 fully saturated rings. The van der Waals surface area contributed by atoms with Crippen LogP contribution in [0.3, 0.4) is 0 Å². The van der Waals surface area contributed by atoms with Gasteiger partial charge in [-0.15, -0.1) is 0 Å². The standard InChI is InChI=1S/C21H23N3O2S/c1-24-17(14-27-21(24)23-16-7-8-16)13-20(25)22-15-9-11-19(12-10-15)26-18-5-3-2-4-6-18/h2-6,9-12,16-17H,7-8,13-14H2,1H3,(H,22,25). The second-order valence-electron chi connectivity index (χ2n) is 6.91. The Bertz CT molecular complexity index is 819. The van der Waals surface area contributed by atoms with Crippen LogP contribution in [-0.2, 0) is 4.79 Å². The minimum Gasteiger partial charge on any atom is -0.457 e. The topological polar surface area (TPSA) is 53.9 Å². The fourth-order valence-corrected chi connectivity index (χ4v) is 4.14. The summed E-state index contributed by atoms with van der Waals surface area (Å²) in [5, 5.41) is 4.06. The molecule has 6 heteroatoms. The number of hydrogen-bond donors (Lipinski definition) is 1. The molecule has 5 nitrogen and oxygen atoms in total. The summed E-state index contributed by atoms with van der Waals surface area (Å²) in [5.41, 5.74) is 0.778. The maximum Gasteiger partial charge on any atom is 0.226 e. The van der Waals surface area contributed by atoms with Gasteiger partial charge in [-0.05, 0) is 49.2 Å². The Kier molecular flexibility index (Phi) is 5.34. The number of rotatable bonds is 6. The van der Waals surface area contributed by atoms with Crippen molar-refractivity contribution in [3.05, 3.63) is 54.6 Å². The lowest BCUT2D eigenvalue weighted by Crippen LogP contribution is -2.33. The number of thioether (sulfide) groups is 1. The molecule has 1 N–H and O–H groups in total. The molecule has 1 heterocycles.